The fraction of sp³-hybridized carbons (Fsp3) is 0.435. The van der Waals surface area contributed by atoms with Crippen molar-refractivity contribution in [3.63, 3.8) is 0 Å². The number of morpholine rings is 1. The van der Waals surface area contributed by atoms with Crippen LogP contribution < -0.4 is 14.5 Å². The van der Waals surface area contributed by atoms with Gasteiger partial charge < -0.3 is 19.4 Å². The summed E-state index contributed by atoms with van der Waals surface area (Å²) in [7, 11) is -2.35. The van der Waals surface area contributed by atoms with Crippen LogP contribution in [0, 0.1) is 12.7 Å². The van der Waals surface area contributed by atoms with Gasteiger partial charge in [0.25, 0.3) is 5.91 Å². The molecule has 8 nitrogen and oxygen atoms in total. The first-order valence-corrected chi connectivity index (χ1v) is 12.5. The molecular formula is C23H29FN4O4S. The number of sulfonamides is 1. The van der Waals surface area contributed by atoms with Gasteiger partial charge in [-0.05, 0) is 49.9 Å². The lowest BCUT2D eigenvalue weighted by Crippen LogP contribution is -2.49. The van der Waals surface area contributed by atoms with Crippen molar-refractivity contribution < 1.29 is 22.3 Å². The first-order chi connectivity index (χ1) is 15.8. The molecule has 2 fully saturated rings. The first kappa shape index (κ1) is 23.5. The molecule has 2 aromatic rings. The number of nitrogens with zero attached hydrogens (tertiary/aromatic N) is 3. The summed E-state index contributed by atoms with van der Waals surface area (Å²) in [6.07, 6.45) is 0. The quantitative estimate of drug-likeness (QED) is 0.709. The number of ether oxygens (including phenoxy) is 1. The SMILES string of the molecule is CNS(=O)(=O)c1ccc(N2CCOCC2)c(C(=O)N2CCN(c3ccc(C)c(F)c3)CC2)c1. The Morgan fingerprint density at radius 2 is 1.67 bits per heavy atom. The van der Waals surface area contributed by atoms with E-state index in [9.17, 15) is 17.6 Å². The van der Waals surface area contributed by atoms with Crippen molar-refractivity contribution in [2.45, 2.75) is 11.8 Å². The molecule has 2 heterocycles. The Labute approximate surface area is 194 Å². The molecule has 178 valence electrons. The maximum Gasteiger partial charge on any atom is 0.256 e. The molecule has 0 saturated carbocycles. The Morgan fingerprint density at radius 1 is 0.970 bits per heavy atom. The third-order valence-electron chi connectivity index (χ3n) is 6.22. The van der Waals surface area contributed by atoms with E-state index in [4.69, 9.17) is 4.74 Å². The van der Waals surface area contributed by atoms with Crippen molar-refractivity contribution in [3.05, 3.63) is 53.3 Å². The molecule has 0 atom stereocenters. The molecule has 1 amide bonds. The van der Waals surface area contributed by atoms with Gasteiger partial charge in [0.1, 0.15) is 5.82 Å². The van der Waals surface area contributed by atoms with Crippen LogP contribution in [0.1, 0.15) is 15.9 Å². The molecular weight excluding hydrogens is 447 g/mol. The number of carbonyl (C=O) groups excluding carboxylic acids is 1. The highest BCUT2D eigenvalue weighted by Crippen LogP contribution is 2.28. The van der Waals surface area contributed by atoms with E-state index in [2.05, 4.69) is 14.5 Å². The van der Waals surface area contributed by atoms with Gasteiger partial charge in [-0.15, -0.1) is 0 Å². The smallest absolute Gasteiger partial charge is 0.256 e. The highest BCUT2D eigenvalue weighted by atomic mass is 32.2. The van der Waals surface area contributed by atoms with E-state index in [1.54, 1.807) is 24.0 Å². The second-order valence-electron chi connectivity index (χ2n) is 8.20. The predicted molar refractivity (Wildman–Crippen MR) is 125 cm³/mol. The molecule has 1 N–H and O–H groups in total. The summed E-state index contributed by atoms with van der Waals surface area (Å²) in [6, 6.07) is 9.85. The van der Waals surface area contributed by atoms with Crippen molar-refractivity contribution >= 4 is 27.3 Å². The van der Waals surface area contributed by atoms with Gasteiger partial charge in [0.2, 0.25) is 10.0 Å². The number of hydrogen-bond acceptors (Lipinski definition) is 6. The number of amides is 1. The monoisotopic (exact) mass is 476 g/mol. The van der Waals surface area contributed by atoms with Crippen molar-refractivity contribution in [2.24, 2.45) is 0 Å². The van der Waals surface area contributed by atoms with Crippen LogP contribution in [0.5, 0.6) is 0 Å². The number of carbonyl (C=O) groups is 1. The van der Waals surface area contributed by atoms with Gasteiger partial charge in [-0.3, -0.25) is 4.79 Å². The van der Waals surface area contributed by atoms with E-state index in [1.807, 2.05) is 6.07 Å². The number of aryl methyl sites for hydroxylation is 1. The van der Waals surface area contributed by atoms with E-state index >= 15 is 0 Å². The predicted octanol–water partition coefficient (Wildman–Crippen LogP) is 1.84. The van der Waals surface area contributed by atoms with E-state index < -0.39 is 10.0 Å². The minimum Gasteiger partial charge on any atom is -0.378 e. The zero-order chi connectivity index (χ0) is 23.6. The van der Waals surface area contributed by atoms with Crippen LogP contribution in [0.15, 0.2) is 41.3 Å². The zero-order valence-corrected chi connectivity index (χ0v) is 19.7. The number of nitrogens with one attached hydrogen (secondary N) is 1. The maximum atomic E-state index is 14.0. The van der Waals surface area contributed by atoms with E-state index in [-0.39, 0.29) is 16.6 Å². The van der Waals surface area contributed by atoms with Gasteiger partial charge in [0.05, 0.1) is 23.7 Å². The lowest BCUT2D eigenvalue weighted by molar-refractivity contribution is 0.0746. The molecule has 0 unspecified atom stereocenters. The van der Waals surface area contributed by atoms with E-state index in [0.717, 1.165) is 5.69 Å². The van der Waals surface area contributed by atoms with E-state index in [1.165, 1.54) is 25.2 Å². The number of rotatable bonds is 5. The average Bonchev–Trinajstić information content (AvgIpc) is 2.85. The average molecular weight is 477 g/mol. The van der Waals surface area contributed by atoms with Crippen LogP contribution in [0.25, 0.3) is 0 Å². The van der Waals surface area contributed by atoms with Crippen molar-refractivity contribution in [2.75, 3.05) is 69.3 Å². The molecule has 2 aromatic carbocycles. The first-order valence-electron chi connectivity index (χ1n) is 11.0. The number of benzene rings is 2. The summed E-state index contributed by atoms with van der Waals surface area (Å²) >= 11 is 0. The summed E-state index contributed by atoms with van der Waals surface area (Å²) in [5.74, 6) is -0.455. The summed E-state index contributed by atoms with van der Waals surface area (Å²) in [5.41, 5.74) is 2.46. The molecule has 0 aromatic heterocycles. The largest absolute Gasteiger partial charge is 0.378 e. The molecule has 33 heavy (non-hydrogen) atoms. The fourth-order valence-corrected chi connectivity index (χ4v) is 4.92. The molecule has 2 saturated heterocycles. The normalized spacial score (nSPS) is 17.4. The summed E-state index contributed by atoms with van der Waals surface area (Å²) in [5, 5.41) is 0. The molecule has 0 radical (unpaired) electrons. The van der Waals surface area contributed by atoms with Crippen molar-refractivity contribution in [1.29, 1.82) is 0 Å². The number of hydrogen-bond donors (Lipinski definition) is 1. The molecule has 0 bridgehead atoms. The lowest BCUT2D eigenvalue weighted by atomic mass is 10.1. The summed E-state index contributed by atoms with van der Waals surface area (Å²) in [6.45, 7) is 6.14. The van der Waals surface area contributed by atoms with E-state index in [0.29, 0.717) is 69.3 Å². The lowest BCUT2D eigenvalue weighted by Gasteiger charge is -2.37. The van der Waals surface area contributed by atoms with Crippen LogP contribution in [0.2, 0.25) is 0 Å². The fourth-order valence-electron chi connectivity index (χ4n) is 4.17. The molecule has 10 heteroatoms. The van der Waals surface area contributed by atoms with Crippen molar-refractivity contribution in [3.8, 4) is 0 Å². The zero-order valence-electron chi connectivity index (χ0n) is 18.9. The highest BCUT2D eigenvalue weighted by molar-refractivity contribution is 7.89. The highest BCUT2D eigenvalue weighted by Gasteiger charge is 2.28. The summed E-state index contributed by atoms with van der Waals surface area (Å²) < 4.78 is 46.5. The number of piperazine rings is 1. The van der Waals surface area contributed by atoms with Gasteiger partial charge in [-0.25, -0.2) is 17.5 Å². The van der Waals surface area contributed by atoms with Crippen LogP contribution in [-0.4, -0.2) is 78.8 Å². The Kier molecular flexibility index (Phi) is 6.87. The molecule has 4 rings (SSSR count). The Balaban J connectivity index is 1.57. The third kappa shape index (κ3) is 4.97. The van der Waals surface area contributed by atoms with Crippen LogP contribution in [0.4, 0.5) is 15.8 Å². The number of halogens is 1. The van der Waals surface area contributed by atoms with Gasteiger partial charge in [0.15, 0.2) is 0 Å². The standard InChI is InChI=1S/C23H29FN4O4S/c1-17-3-4-18(15-21(17)24)26-7-9-28(10-8-26)23(29)20-16-19(33(30,31)25-2)5-6-22(20)27-11-13-32-14-12-27/h3-6,15-16,25H,7-14H2,1-2H3. The van der Waals surface area contributed by atoms with Crippen LogP contribution in [0.3, 0.4) is 0 Å². The molecule has 2 aliphatic heterocycles. The molecule has 0 spiro atoms. The molecule has 0 aliphatic carbocycles. The van der Waals surface area contributed by atoms with Gasteiger partial charge in [-0.1, -0.05) is 6.07 Å². The Morgan fingerprint density at radius 3 is 2.30 bits per heavy atom. The maximum absolute atomic E-state index is 14.0. The third-order valence-corrected chi connectivity index (χ3v) is 7.63. The second-order valence-corrected chi connectivity index (χ2v) is 10.1. The number of anilines is 2. The van der Waals surface area contributed by atoms with Gasteiger partial charge in [0, 0.05) is 50.6 Å². The van der Waals surface area contributed by atoms with Crippen LogP contribution >= 0.6 is 0 Å². The molecule has 2 aliphatic rings. The topological polar surface area (TPSA) is 82.2 Å². The van der Waals surface area contributed by atoms with Gasteiger partial charge >= 0.3 is 0 Å². The van der Waals surface area contributed by atoms with Gasteiger partial charge in [-0.2, -0.15) is 0 Å². The van der Waals surface area contributed by atoms with Crippen LogP contribution in [-0.2, 0) is 14.8 Å². The second kappa shape index (κ2) is 9.66. The summed E-state index contributed by atoms with van der Waals surface area (Å²) in [4.78, 5) is 19.4. The minimum atomic E-state index is -3.69. The minimum absolute atomic E-state index is 0.0547. The Bertz CT molecular complexity index is 1130. The van der Waals surface area contributed by atoms with Crippen molar-refractivity contribution in [1.82, 2.24) is 9.62 Å². The Hall–Kier alpha value is -2.69.